The summed E-state index contributed by atoms with van der Waals surface area (Å²) in [6.07, 6.45) is 2.10. The van der Waals surface area contributed by atoms with Gasteiger partial charge >= 0.3 is 6.03 Å². The molecule has 0 spiro atoms. The highest BCUT2D eigenvalue weighted by molar-refractivity contribution is 5.97. The van der Waals surface area contributed by atoms with Gasteiger partial charge in [-0.3, -0.25) is 4.79 Å². The van der Waals surface area contributed by atoms with Gasteiger partial charge in [-0.1, -0.05) is 30.3 Å². The van der Waals surface area contributed by atoms with Crippen molar-refractivity contribution in [1.82, 2.24) is 10.1 Å². The minimum Gasteiger partial charge on any atom is -0.363 e. The first-order valence-electron chi connectivity index (χ1n) is 8.26. The molecule has 1 atom stereocenters. The molecule has 3 amide bonds. The molecule has 1 unspecified atom stereocenters. The highest BCUT2D eigenvalue weighted by atomic mass is 16.5. The van der Waals surface area contributed by atoms with E-state index < -0.39 is 0 Å². The molecule has 0 aliphatic carbocycles. The van der Waals surface area contributed by atoms with Crippen LogP contribution in [-0.4, -0.2) is 34.6 Å². The van der Waals surface area contributed by atoms with Gasteiger partial charge in [0.25, 0.3) is 0 Å². The summed E-state index contributed by atoms with van der Waals surface area (Å²) < 4.78 is 4.68. The lowest BCUT2D eigenvalue weighted by Crippen LogP contribution is -2.45. The van der Waals surface area contributed by atoms with Crippen molar-refractivity contribution in [3.05, 3.63) is 41.7 Å². The number of anilines is 2. The average Bonchev–Trinajstić information content (AvgIpc) is 3.08. The summed E-state index contributed by atoms with van der Waals surface area (Å²) in [6, 6.07) is 6.97. The van der Waals surface area contributed by atoms with E-state index in [1.165, 1.54) is 11.2 Å². The van der Waals surface area contributed by atoms with Crippen LogP contribution in [0.1, 0.15) is 31.4 Å². The van der Waals surface area contributed by atoms with Crippen molar-refractivity contribution >= 4 is 23.4 Å². The molecule has 1 aromatic carbocycles. The SMILES string of the molecule is CCC(C)N(CC(=O)Nc1ccon1)C(=O)Nc1c(C)cccc1C. The number of aryl methyl sites for hydroxylation is 2. The van der Waals surface area contributed by atoms with Gasteiger partial charge in [-0.2, -0.15) is 0 Å². The topological polar surface area (TPSA) is 87.5 Å². The third-order valence-electron chi connectivity index (χ3n) is 4.12. The highest BCUT2D eigenvalue weighted by Gasteiger charge is 2.23. The molecule has 25 heavy (non-hydrogen) atoms. The number of aromatic nitrogens is 1. The number of rotatable bonds is 6. The number of hydrogen-bond acceptors (Lipinski definition) is 4. The molecule has 0 aliphatic rings. The Morgan fingerprint density at radius 3 is 2.44 bits per heavy atom. The van der Waals surface area contributed by atoms with Crippen molar-refractivity contribution in [1.29, 1.82) is 0 Å². The van der Waals surface area contributed by atoms with Crippen LogP contribution in [0.4, 0.5) is 16.3 Å². The molecule has 1 aromatic heterocycles. The number of nitrogens with zero attached hydrogens (tertiary/aromatic N) is 2. The van der Waals surface area contributed by atoms with E-state index >= 15 is 0 Å². The first kappa shape index (κ1) is 18.5. The molecule has 0 saturated heterocycles. The van der Waals surface area contributed by atoms with E-state index in [2.05, 4.69) is 20.3 Å². The average molecular weight is 344 g/mol. The molecule has 0 fully saturated rings. The minimum atomic E-state index is -0.328. The lowest BCUT2D eigenvalue weighted by Gasteiger charge is -2.28. The van der Waals surface area contributed by atoms with Crippen LogP contribution in [0.5, 0.6) is 0 Å². The number of benzene rings is 1. The molecule has 2 rings (SSSR count). The third kappa shape index (κ3) is 4.82. The highest BCUT2D eigenvalue weighted by Crippen LogP contribution is 2.20. The van der Waals surface area contributed by atoms with Gasteiger partial charge in [0.15, 0.2) is 5.82 Å². The van der Waals surface area contributed by atoms with E-state index in [-0.39, 0.29) is 24.5 Å². The second-order valence-corrected chi connectivity index (χ2v) is 6.01. The zero-order chi connectivity index (χ0) is 18.4. The quantitative estimate of drug-likeness (QED) is 0.839. The standard InChI is InChI=1S/C18H24N4O3/c1-5-14(4)22(11-16(23)19-15-9-10-25-21-15)18(24)20-17-12(2)7-6-8-13(17)3/h6-10,14H,5,11H2,1-4H3,(H,20,24)(H,19,21,23). The third-order valence-corrected chi connectivity index (χ3v) is 4.12. The number of hydrogen-bond donors (Lipinski definition) is 2. The van der Waals surface area contributed by atoms with Crippen molar-refractivity contribution in [2.24, 2.45) is 0 Å². The van der Waals surface area contributed by atoms with Gasteiger partial charge in [0.1, 0.15) is 12.8 Å². The Morgan fingerprint density at radius 2 is 1.88 bits per heavy atom. The Bertz CT molecular complexity index is 708. The molecule has 7 nitrogen and oxygen atoms in total. The maximum absolute atomic E-state index is 12.8. The Kier molecular flexibility index (Phi) is 6.16. The van der Waals surface area contributed by atoms with Crippen LogP contribution in [0.3, 0.4) is 0 Å². The molecular formula is C18H24N4O3. The van der Waals surface area contributed by atoms with E-state index in [9.17, 15) is 9.59 Å². The molecule has 2 N–H and O–H groups in total. The van der Waals surface area contributed by atoms with E-state index in [4.69, 9.17) is 0 Å². The normalized spacial score (nSPS) is 11.7. The second-order valence-electron chi connectivity index (χ2n) is 6.01. The van der Waals surface area contributed by atoms with Gasteiger partial charge in [0, 0.05) is 17.8 Å². The molecule has 0 bridgehead atoms. The summed E-state index contributed by atoms with van der Waals surface area (Å²) in [7, 11) is 0. The lowest BCUT2D eigenvalue weighted by atomic mass is 10.1. The molecule has 0 saturated carbocycles. The molecule has 0 radical (unpaired) electrons. The van der Waals surface area contributed by atoms with Crippen molar-refractivity contribution < 1.29 is 14.1 Å². The van der Waals surface area contributed by atoms with Gasteiger partial charge in [0.2, 0.25) is 5.91 Å². The van der Waals surface area contributed by atoms with Crippen LogP contribution in [-0.2, 0) is 4.79 Å². The summed E-state index contributed by atoms with van der Waals surface area (Å²) in [5.74, 6) is -0.00452. The zero-order valence-corrected chi connectivity index (χ0v) is 15.0. The van der Waals surface area contributed by atoms with Crippen molar-refractivity contribution in [2.45, 2.75) is 40.2 Å². The van der Waals surface area contributed by atoms with Gasteiger partial charge in [0.05, 0.1) is 0 Å². The number of nitrogens with one attached hydrogen (secondary N) is 2. The summed E-state index contributed by atoms with van der Waals surface area (Å²) in [5, 5.41) is 9.18. The van der Waals surface area contributed by atoms with Gasteiger partial charge in [-0.05, 0) is 38.3 Å². The van der Waals surface area contributed by atoms with E-state index in [0.717, 1.165) is 23.2 Å². The first-order valence-corrected chi connectivity index (χ1v) is 8.26. The van der Waals surface area contributed by atoms with Crippen molar-refractivity contribution in [3.63, 3.8) is 0 Å². The van der Waals surface area contributed by atoms with E-state index in [0.29, 0.717) is 5.82 Å². The molecule has 134 valence electrons. The predicted molar refractivity (Wildman–Crippen MR) is 96.5 cm³/mol. The van der Waals surface area contributed by atoms with E-state index in [1.54, 1.807) is 6.07 Å². The van der Waals surface area contributed by atoms with Crippen LogP contribution in [0, 0.1) is 13.8 Å². The number of carbonyl (C=O) groups is 2. The zero-order valence-electron chi connectivity index (χ0n) is 15.0. The minimum absolute atomic E-state index is 0.0708. The maximum atomic E-state index is 12.8. The van der Waals surface area contributed by atoms with Crippen LogP contribution >= 0.6 is 0 Å². The van der Waals surface area contributed by atoms with Gasteiger partial charge < -0.3 is 20.1 Å². The largest absolute Gasteiger partial charge is 0.363 e. The van der Waals surface area contributed by atoms with Crippen molar-refractivity contribution in [2.75, 3.05) is 17.2 Å². The Morgan fingerprint density at radius 1 is 1.20 bits per heavy atom. The Labute approximate surface area is 147 Å². The fraction of sp³-hybridized carbons (Fsp3) is 0.389. The second kappa shape index (κ2) is 8.32. The molecule has 2 aromatic rings. The Hall–Kier alpha value is -2.83. The van der Waals surface area contributed by atoms with Crippen LogP contribution in [0.2, 0.25) is 0 Å². The lowest BCUT2D eigenvalue weighted by molar-refractivity contribution is -0.117. The summed E-state index contributed by atoms with van der Waals surface area (Å²) in [6.45, 7) is 7.69. The fourth-order valence-corrected chi connectivity index (χ4v) is 2.45. The maximum Gasteiger partial charge on any atom is 0.322 e. The molecular weight excluding hydrogens is 320 g/mol. The number of carbonyl (C=O) groups excluding carboxylic acids is 2. The predicted octanol–water partition coefficient (Wildman–Crippen LogP) is 3.56. The first-order chi connectivity index (χ1) is 11.9. The smallest absolute Gasteiger partial charge is 0.322 e. The summed E-state index contributed by atoms with van der Waals surface area (Å²) >= 11 is 0. The number of para-hydroxylation sites is 1. The molecule has 0 aliphatic heterocycles. The van der Waals surface area contributed by atoms with E-state index in [1.807, 2.05) is 45.9 Å². The van der Waals surface area contributed by atoms with Crippen LogP contribution < -0.4 is 10.6 Å². The van der Waals surface area contributed by atoms with Gasteiger partial charge in [-0.15, -0.1) is 0 Å². The van der Waals surface area contributed by atoms with Crippen LogP contribution in [0.15, 0.2) is 35.1 Å². The van der Waals surface area contributed by atoms with Gasteiger partial charge in [-0.25, -0.2) is 4.79 Å². The fourth-order valence-electron chi connectivity index (χ4n) is 2.45. The number of urea groups is 1. The monoisotopic (exact) mass is 344 g/mol. The summed E-state index contributed by atoms with van der Waals surface area (Å²) in [5.41, 5.74) is 2.73. The molecule has 1 heterocycles. The summed E-state index contributed by atoms with van der Waals surface area (Å²) in [4.78, 5) is 26.5. The Balaban J connectivity index is 2.10. The number of amides is 3. The molecule has 7 heteroatoms. The van der Waals surface area contributed by atoms with Crippen LogP contribution in [0.25, 0.3) is 0 Å². The van der Waals surface area contributed by atoms with Crippen molar-refractivity contribution in [3.8, 4) is 0 Å².